The first-order chi connectivity index (χ1) is 8.35. The molecule has 1 fully saturated rings. The maximum absolute atomic E-state index is 4.80. The van der Waals surface area contributed by atoms with Gasteiger partial charge in [-0.2, -0.15) is 0 Å². The fraction of sp³-hybridized carbons (Fsp3) is 0.583. The molecule has 2 aromatic heterocycles. The molecule has 2 aromatic rings. The third-order valence-electron chi connectivity index (χ3n) is 3.59. The summed E-state index contributed by atoms with van der Waals surface area (Å²) in [5.41, 5.74) is 1.29. The Morgan fingerprint density at radius 3 is 3.24 bits per heavy atom. The van der Waals surface area contributed by atoms with E-state index in [2.05, 4.69) is 43.7 Å². The van der Waals surface area contributed by atoms with Crippen LogP contribution in [0.2, 0.25) is 0 Å². The van der Waals surface area contributed by atoms with Gasteiger partial charge in [0.15, 0.2) is 10.8 Å². The van der Waals surface area contributed by atoms with Gasteiger partial charge in [0.05, 0.1) is 5.69 Å². The summed E-state index contributed by atoms with van der Waals surface area (Å²) in [6, 6.07) is 0.678. The zero-order chi connectivity index (χ0) is 11.8. The zero-order valence-corrected chi connectivity index (χ0v) is 12.3. The van der Waals surface area contributed by atoms with Gasteiger partial charge in [-0.1, -0.05) is 22.9 Å². The van der Waals surface area contributed by atoms with Crippen LogP contribution in [0.25, 0.3) is 4.96 Å². The lowest BCUT2D eigenvalue weighted by Crippen LogP contribution is -2.29. The van der Waals surface area contributed by atoms with Gasteiger partial charge < -0.3 is 4.90 Å². The van der Waals surface area contributed by atoms with Gasteiger partial charge in [0.2, 0.25) is 0 Å². The first-order valence-corrected chi connectivity index (χ1v) is 8.12. The Balaban J connectivity index is 2.06. The summed E-state index contributed by atoms with van der Waals surface area (Å²) < 4.78 is 2.21. The maximum atomic E-state index is 4.80. The van der Waals surface area contributed by atoms with Crippen LogP contribution in [0.3, 0.4) is 0 Å². The van der Waals surface area contributed by atoms with Crippen molar-refractivity contribution in [3.8, 4) is 0 Å². The number of imidazole rings is 1. The van der Waals surface area contributed by atoms with E-state index in [1.807, 2.05) is 0 Å². The molecule has 0 bridgehead atoms. The topological polar surface area (TPSA) is 20.5 Å². The standard InChI is InChI=1S/C12H16BrN3S/c1-2-9-4-3-5-15(9)11-10(8-13)16-6-7-17-12(16)14-11/h6-7,9H,2-5,8H2,1H3. The van der Waals surface area contributed by atoms with Crippen LogP contribution in [0.5, 0.6) is 0 Å². The Kier molecular flexibility index (Phi) is 3.13. The summed E-state index contributed by atoms with van der Waals surface area (Å²) in [6.45, 7) is 3.43. The average molecular weight is 314 g/mol. The van der Waals surface area contributed by atoms with E-state index in [-0.39, 0.29) is 0 Å². The minimum absolute atomic E-state index is 0.678. The number of rotatable bonds is 3. The molecule has 1 aliphatic heterocycles. The lowest BCUT2D eigenvalue weighted by molar-refractivity contribution is 0.640. The summed E-state index contributed by atoms with van der Waals surface area (Å²) in [5, 5.41) is 2.97. The highest BCUT2D eigenvalue weighted by Gasteiger charge is 2.27. The van der Waals surface area contributed by atoms with Gasteiger partial charge in [0.1, 0.15) is 0 Å². The number of alkyl halides is 1. The van der Waals surface area contributed by atoms with Crippen molar-refractivity contribution in [1.29, 1.82) is 0 Å². The number of fused-ring (bicyclic) bond motifs is 1. The van der Waals surface area contributed by atoms with Crippen molar-refractivity contribution in [2.45, 2.75) is 37.6 Å². The molecule has 0 spiro atoms. The molecule has 17 heavy (non-hydrogen) atoms. The number of aromatic nitrogens is 2. The zero-order valence-electron chi connectivity index (χ0n) is 9.90. The van der Waals surface area contributed by atoms with E-state index in [4.69, 9.17) is 4.98 Å². The number of anilines is 1. The highest BCUT2D eigenvalue weighted by Crippen LogP contribution is 2.32. The van der Waals surface area contributed by atoms with E-state index < -0.39 is 0 Å². The van der Waals surface area contributed by atoms with Gasteiger partial charge in [0.25, 0.3) is 0 Å². The molecule has 3 nitrogen and oxygen atoms in total. The van der Waals surface area contributed by atoms with Crippen molar-refractivity contribution in [2.75, 3.05) is 11.4 Å². The Labute approximate surface area is 114 Å². The molecule has 1 aliphatic rings. The van der Waals surface area contributed by atoms with Gasteiger partial charge in [0, 0.05) is 29.5 Å². The molecule has 0 amide bonds. The van der Waals surface area contributed by atoms with Crippen molar-refractivity contribution in [3.63, 3.8) is 0 Å². The summed E-state index contributed by atoms with van der Waals surface area (Å²) in [7, 11) is 0. The van der Waals surface area contributed by atoms with Crippen LogP contribution in [-0.2, 0) is 5.33 Å². The highest BCUT2D eigenvalue weighted by atomic mass is 79.9. The van der Waals surface area contributed by atoms with Gasteiger partial charge in [-0.15, -0.1) is 11.3 Å². The van der Waals surface area contributed by atoms with Crippen LogP contribution in [0.1, 0.15) is 31.9 Å². The molecule has 1 saturated heterocycles. The van der Waals surface area contributed by atoms with E-state index in [1.54, 1.807) is 11.3 Å². The molecule has 0 radical (unpaired) electrons. The molecule has 1 atom stereocenters. The molecular formula is C12H16BrN3S. The second-order valence-corrected chi connectivity index (χ2v) is 5.90. The van der Waals surface area contributed by atoms with Gasteiger partial charge >= 0.3 is 0 Å². The Morgan fingerprint density at radius 1 is 1.59 bits per heavy atom. The molecule has 0 saturated carbocycles. The summed E-state index contributed by atoms with van der Waals surface area (Å²) in [6.07, 6.45) is 5.94. The van der Waals surface area contributed by atoms with Crippen LogP contribution in [0.15, 0.2) is 11.6 Å². The number of hydrogen-bond donors (Lipinski definition) is 0. The Morgan fingerprint density at radius 2 is 2.47 bits per heavy atom. The lowest BCUT2D eigenvalue weighted by Gasteiger charge is -2.24. The third-order valence-corrected chi connectivity index (χ3v) is 4.87. The quantitative estimate of drug-likeness (QED) is 0.806. The third kappa shape index (κ3) is 1.80. The lowest BCUT2D eigenvalue weighted by atomic mass is 10.2. The summed E-state index contributed by atoms with van der Waals surface area (Å²) in [5.74, 6) is 1.19. The van der Waals surface area contributed by atoms with Crippen molar-refractivity contribution in [2.24, 2.45) is 0 Å². The van der Waals surface area contributed by atoms with Crippen LogP contribution in [-0.4, -0.2) is 22.0 Å². The molecule has 0 N–H and O–H groups in total. The molecule has 5 heteroatoms. The van der Waals surface area contributed by atoms with Crippen molar-refractivity contribution >= 4 is 38.0 Å². The SMILES string of the molecule is CCC1CCCN1c1nc2sccn2c1CBr. The molecule has 3 heterocycles. The normalized spacial score (nSPS) is 20.6. The molecule has 0 aliphatic carbocycles. The predicted molar refractivity (Wildman–Crippen MR) is 76.4 cm³/mol. The van der Waals surface area contributed by atoms with Crippen LogP contribution < -0.4 is 4.90 Å². The van der Waals surface area contributed by atoms with Crippen molar-refractivity contribution < 1.29 is 0 Å². The van der Waals surface area contributed by atoms with E-state index >= 15 is 0 Å². The summed E-state index contributed by atoms with van der Waals surface area (Å²) in [4.78, 5) is 8.41. The first-order valence-electron chi connectivity index (χ1n) is 6.12. The highest BCUT2D eigenvalue weighted by molar-refractivity contribution is 9.08. The van der Waals surface area contributed by atoms with Crippen molar-refractivity contribution in [3.05, 3.63) is 17.3 Å². The molecule has 1 unspecified atom stereocenters. The molecule has 0 aromatic carbocycles. The monoisotopic (exact) mass is 313 g/mol. The fourth-order valence-corrected chi connectivity index (χ4v) is 3.96. The minimum atomic E-state index is 0.678. The second kappa shape index (κ2) is 4.61. The molecule has 3 rings (SSSR count). The predicted octanol–water partition coefficient (Wildman–Crippen LogP) is 3.67. The van der Waals surface area contributed by atoms with Crippen LogP contribution in [0.4, 0.5) is 5.82 Å². The number of halogens is 1. The van der Waals surface area contributed by atoms with E-state index in [0.29, 0.717) is 6.04 Å². The van der Waals surface area contributed by atoms with Crippen molar-refractivity contribution in [1.82, 2.24) is 9.38 Å². The van der Waals surface area contributed by atoms with E-state index in [1.165, 1.54) is 30.8 Å². The largest absolute Gasteiger partial charge is 0.352 e. The number of nitrogens with zero attached hydrogens (tertiary/aromatic N) is 3. The van der Waals surface area contributed by atoms with E-state index in [0.717, 1.165) is 16.8 Å². The first kappa shape index (κ1) is 11.5. The van der Waals surface area contributed by atoms with E-state index in [9.17, 15) is 0 Å². The molecule has 92 valence electrons. The Bertz CT molecular complexity index is 519. The second-order valence-electron chi connectivity index (χ2n) is 4.47. The summed E-state index contributed by atoms with van der Waals surface area (Å²) >= 11 is 5.31. The average Bonchev–Trinajstić information content (AvgIpc) is 3.02. The number of thiazole rings is 1. The fourth-order valence-electron chi connectivity index (χ4n) is 2.71. The minimum Gasteiger partial charge on any atom is -0.352 e. The maximum Gasteiger partial charge on any atom is 0.195 e. The van der Waals surface area contributed by atoms with Crippen LogP contribution in [0, 0.1) is 0 Å². The molecular weight excluding hydrogens is 298 g/mol. The van der Waals surface area contributed by atoms with Gasteiger partial charge in [-0.3, -0.25) is 4.40 Å². The Hall–Kier alpha value is -0.550. The smallest absolute Gasteiger partial charge is 0.195 e. The van der Waals surface area contributed by atoms with Gasteiger partial charge in [-0.25, -0.2) is 4.98 Å². The van der Waals surface area contributed by atoms with Gasteiger partial charge in [-0.05, 0) is 19.3 Å². The number of hydrogen-bond acceptors (Lipinski definition) is 3. The van der Waals surface area contributed by atoms with Crippen LogP contribution >= 0.6 is 27.3 Å².